The molecule has 1 aromatic carbocycles. The lowest BCUT2D eigenvalue weighted by Gasteiger charge is -2.20. The number of fused-ring (bicyclic) bond motifs is 1. The highest BCUT2D eigenvalue weighted by Crippen LogP contribution is 2.40. The average Bonchev–Trinajstić information content (AvgIpc) is 2.94. The fourth-order valence-corrected chi connectivity index (χ4v) is 3.80. The molecule has 3 rings (SSSR count). The first-order valence-corrected chi connectivity index (χ1v) is 7.00. The Morgan fingerprint density at radius 2 is 2.24 bits per heavy atom. The first-order valence-electron chi connectivity index (χ1n) is 6.02. The number of carbonyl (C=O) groups excluding carboxylic acids is 1. The minimum atomic E-state index is 0.0431. The summed E-state index contributed by atoms with van der Waals surface area (Å²) in [6.07, 6.45) is 0.938. The Labute approximate surface area is 105 Å². The van der Waals surface area contributed by atoms with E-state index in [-0.39, 0.29) is 17.9 Å². The van der Waals surface area contributed by atoms with Gasteiger partial charge in [0.25, 0.3) is 0 Å². The fourth-order valence-electron chi connectivity index (χ4n) is 2.57. The van der Waals surface area contributed by atoms with Crippen LogP contribution in [0.4, 0.5) is 0 Å². The summed E-state index contributed by atoms with van der Waals surface area (Å²) in [7, 11) is 0. The maximum atomic E-state index is 12.4. The van der Waals surface area contributed by atoms with Gasteiger partial charge in [0.1, 0.15) is 0 Å². The summed E-state index contributed by atoms with van der Waals surface area (Å²) in [5, 5.41) is 0. The molecular formula is C13H16N2OS. The number of nitrogens with two attached hydrogens (primary N) is 1. The largest absolute Gasteiger partial charge is 0.341 e. The van der Waals surface area contributed by atoms with Gasteiger partial charge in [0.2, 0.25) is 5.91 Å². The summed E-state index contributed by atoms with van der Waals surface area (Å²) in [6.45, 7) is 1.55. The molecule has 1 fully saturated rings. The third-order valence-corrected chi connectivity index (χ3v) is 4.72. The lowest BCUT2D eigenvalue weighted by Crippen LogP contribution is -2.35. The number of amides is 1. The van der Waals surface area contributed by atoms with Crippen LogP contribution in [0.15, 0.2) is 29.2 Å². The number of hydrogen-bond acceptors (Lipinski definition) is 3. The highest BCUT2D eigenvalue weighted by Gasteiger charge is 2.34. The number of likely N-dealkylation sites (tertiary alicyclic amines) is 1. The van der Waals surface area contributed by atoms with Crippen molar-refractivity contribution in [2.45, 2.75) is 23.3 Å². The Bertz CT molecular complexity index is 449. The van der Waals surface area contributed by atoms with E-state index in [1.165, 1.54) is 10.5 Å². The van der Waals surface area contributed by atoms with Crippen LogP contribution in [0.1, 0.15) is 17.9 Å². The molecule has 0 aromatic heterocycles. The molecule has 0 aliphatic carbocycles. The van der Waals surface area contributed by atoms with E-state index in [0.717, 1.165) is 25.3 Å². The molecule has 1 aromatic rings. The normalized spacial score (nSPS) is 27.2. The molecule has 1 unspecified atom stereocenters. The second-order valence-electron chi connectivity index (χ2n) is 4.73. The van der Waals surface area contributed by atoms with Crippen molar-refractivity contribution in [3.63, 3.8) is 0 Å². The third kappa shape index (κ3) is 1.96. The predicted octanol–water partition coefficient (Wildman–Crippen LogP) is 1.44. The minimum absolute atomic E-state index is 0.0431. The first kappa shape index (κ1) is 11.1. The zero-order chi connectivity index (χ0) is 11.8. The van der Waals surface area contributed by atoms with Crippen LogP contribution in [0.2, 0.25) is 0 Å². The highest BCUT2D eigenvalue weighted by molar-refractivity contribution is 7.99. The van der Waals surface area contributed by atoms with Crippen LogP contribution in [-0.4, -0.2) is 35.7 Å². The van der Waals surface area contributed by atoms with Crippen LogP contribution in [-0.2, 0) is 4.79 Å². The molecule has 2 N–H and O–H groups in total. The quantitative estimate of drug-likeness (QED) is 0.818. The molecule has 2 aliphatic heterocycles. The molecule has 0 spiro atoms. The Hall–Kier alpha value is -1.00. The summed E-state index contributed by atoms with van der Waals surface area (Å²) < 4.78 is 0. The monoisotopic (exact) mass is 248 g/mol. The van der Waals surface area contributed by atoms with Crippen LogP contribution in [0.3, 0.4) is 0 Å². The molecule has 3 nitrogen and oxygen atoms in total. The molecule has 4 heteroatoms. The Morgan fingerprint density at radius 1 is 1.41 bits per heavy atom. The van der Waals surface area contributed by atoms with Gasteiger partial charge in [-0.15, -0.1) is 11.8 Å². The van der Waals surface area contributed by atoms with Gasteiger partial charge in [-0.3, -0.25) is 4.79 Å². The summed E-state index contributed by atoms with van der Waals surface area (Å²) in [5.74, 6) is 1.18. The number of benzene rings is 1. The molecule has 0 saturated carbocycles. The summed E-state index contributed by atoms with van der Waals surface area (Å²) in [5.41, 5.74) is 7.05. The van der Waals surface area contributed by atoms with E-state index in [1.807, 2.05) is 17.0 Å². The van der Waals surface area contributed by atoms with Gasteiger partial charge in [0.05, 0.1) is 5.92 Å². The van der Waals surface area contributed by atoms with E-state index in [2.05, 4.69) is 12.1 Å². The molecule has 90 valence electrons. The number of nitrogens with zero attached hydrogens (tertiary/aromatic N) is 1. The zero-order valence-electron chi connectivity index (χ0n) is 9.63. The minimum Gasteiger partial charge on any atom is -0.341 e. The van der Waals surface area contributed by atoms with E-state index in [9.17, 15) is 4.79 Å². The van der Waals surface area contributed by atoms with Crippen LogP contribution < -0.4 is 5.73 Å². The summed E-state index contributed by atoms with van der Waals surface area (Å²) >= 11 is 1.79. The summed E-state index contributed by atoms with van der Waals surface area (Å²) in [6, 6.07) is 8.39. The van der Waals surface area contributed by atoms with Crippen molar-refractivity contribution in [3.05, 3.63) is 29.8 Å². The van der Waals surface area contributed by atoms with Crippen LogP contribution >= 0.6 is 11.8 Å². The van der Waals surface area contributed by atoms with Crippen molar-refractivity contribution >= 4 is 17.7 Å². The average molecular weight is 248 g/mol. The smallest absolute Gasteiger partial charge is 0.231 e. The number of hydrogen-bond donors (Lipinski definition) is 1. The molecule has 2 atom stereocenters. The van der Waals surface area contributed by atoms with Gasteiger partial charge >= 0.3 is 0 Å². The number of rotatable bonds is 1. The zero-order valence-corrected chi connectivity index (χ0v) is 10.5. The maximum absolute atomic E-state index is 12.4. The third-order valence-electron chi connectivity index (χ3n) is 3.53. The standard InChI is InChI=1S/C13H16N2OS/c14-9-5-6-15(7-9)13(16)11-8-17-12-4-2-1-3-10(11)12/h1-4,9,11H,5-8,14H2/t9-,11?/m1/s1. The van der Waals surface area contributed by atoms with Crippen molar-refractivity contribution in [1.82, 2.24) is 4.90 Å². The van der Waals surface area contributed by atoms with E-state index < -0.39 is 0 Å². The second-order valence-corrected chi connectivity index (χ2v) is 5.80. The van der Waals surface area contributed by atoms with Gasteiger partial charge in [-0.25, -0.2) is 0 Å². The Morgan fingerprint density at radius 3 is 3.00 bits per heavy atom. The topological polar surface area (TPSA) is 46.3 Å². The molecule has 1 amide bonds. The maximum Gasteiger partial charge on any atom is 0.231 e. The van der Waals surface area contributed by atoms with E-state index >= 15 is 0 Å². The predicted molar refractivity (Wildman–Crippen MR) is 69.1 cm³/mol. The fraction of sp³-hybridized carbons (Fsp3) is 0.462. The molecule has 2 aliphatic rings. The van der Waals surface area contributed by atoms with E-state index in [4.69, 9.17) is 5.73 Å². The van der Waals surface area contributed by atoms with E-state index in [1.54, 1.807) is 11.8 Å². The molecule has 1 saturated heterocycles. The van der Waals surface area contributed by atoms with Crippen molar-refractivity contribution in [3.8, 4) is 0 Å². The van der Waals surface area contributed by atoms with Crippen LogP contribution in [0.25, 0.3) is 0 Å². The van der Waals surface area contributed by atoms with Gasteiger partial charge in [0, 0.05) is 29.8 Å². The summed E-state index contributed by atoms with van der Waals surface area (Å²) in [4.78, 5) is 15.6. The second kappa shape index (κ2) is 4.35. The van der Waals surface area contributed by atoms with Gasteiger partial charge in [-0.2, -0.15) is 0 Å². The van der Waals surface area contributed by atoms with Gasteiger partial charge in [0.15, 0.2) is 0 Å². The molecule has 0 radical (unpaired) electrons. The Kier molecular flexibility index (Phi) is 2.84. The van der Waals surface area contributed by atoms with Gasteiger partial charge in [-0.05, 0) is 18.1 Å². The number of carbonyl (C=O) groups is 1. The molecular weight excluding hydrogens is 232 g/mol. The van der Waals surface area contributed by atoms with Crippen molar-refractivity contribution < 1.29 is 4.79 Å². The highest BCUT2D eigenvalue weighted by atomic mass is 32.2. The van der Waals surface area contributed by atoms with Gasteiger partial charge < -0.3 is 10.6 Å². The van der Waals surface area contributed by atoms with Crippen molar-refractivity contribution in [2.24, 2.45) is 5.73 Å². The van der Waals surface area contributed by atoms with E-state index in [0.29, 0.717) is 0 Å². The molecule has 17 heavy (non-hydrogen) atoms. The van der Waals surface area contributed by atoms with Gasteiger partial charge in [-0.1, -0.05) is 18.2 Å². The van der Waals surface area contributed by atoms with Crippen LogP contribution in [0, 0.1) is 0 Å². The first-order chi connectivity index (χ1) is 8.25. The molecule has 2 heterocycles. The molecule has 0 bridgehead atoms. The lowest BCUT2D eigenvalue weighted by atomic mass is 10.00. The lowest BCUT2D eigenvalue weighted by molar-refractivity contribution is -0.131. The Balaban J connectivity index is 1.80. The van der Waals surface area contributed by atoms with Crippen molar-refractivity contribution in [2.75, 3.05) is 18.8 Å². The SMILES string of the molecule is N[C@@H]1CCN(C(=O)C2CSc3ccccc32)C1. The van der Waals surface area contributed by atoms with Crippen LogP contribution in [0.5, 0.6) is 0 Å². The number of thioether (sulfide) groups is 1. The van der Waals surface area contributed by atoms with Crippen molar-refractivity contribution in [1.29, 1.82) is 0 Å².